The fourth-order valence-electron chi connectivity index (χ4n) is 4.23. The van der Waals surface area contributed by atoms with Crippen LogP contribution in [0.1, 0.15) is 18.1 Å². The fourth-order valence-corrected chi connectivity index (χ4v) is 4.23. The Morgan fingerprint density at radius 1 is 1.10 bits per heavy atom. The van der Waals surface area contributed by atoms with Gasteiger partial charge in [-0.1, -0.05) is 18.2 Å². The van der Waals surface area contributed by atoms with Crippen LogP contribution in [0, 0.1) is 11.6 Å². The van der Waals surface area contributed by atoms with Gasteiger partial charge in [-0.2, -0.15) is 5.10 Å². The third-order valence-corrected chi connectivity index (χ3v) is 6.08. The predicted molar refractivity (Wildman–Crippen MR) is 145 cm³/mol. The monoisotopic (exact) mass is 545 g/mol. The van der Waals surface area contributed by atoms with Crippen LogP contribution in [0.2, 0.25) is 0 Å². The van der Waals surface area contributed by atoms with Crippen LogP contribution in [0.25, 0.3) is 22.4 Å². The average Bonchev–Trinajstić information content (AvgIpc) is 3.30. The van der Waals surface area contributed by atoms with E-state index in [1.807, 2.05) is 18.2 Å². The molecular formula is C28H25F2N7O3. The lowest BCUT2D eigenvalue weighted by Gasteiger charge is -2.12. The van der Waals surface area contributed by atoms with Crippen molar-refractivity contribution in [2.75, 3.05) is 18.5 Å². The van der Waals surface area contributed by atoms with Gasteiger partial charge < -0.3 is 20.5 Å². The molecule has 1 amide bonds. The Bertz CT molecular complexity index is 1640. The minimum absolute atomic E-state index is 0.119. The van der Waals surface area contributed by atoms with Crippen LogP contribution in [-0.2, 0) is 13.0 Å². The van der Waals surface area contributed by atoms with Crippen LogP contribution in [0.3, 0.4) is 0 Å². The van der Waals surface area contributed by atoms with E-state index in [-0.39, 0.29) is 36.8 Å². The summed E-state index contributed by atoms with van der Waals surface area (Å²) in [5.41, 5.74) is 2.33. The van der Waals surface area contributed by atoms with E-state index >= 15 is 0 Å². The van der Waals surface area contributed by atoms with Crippen molar-refractivity contribution in [2.45, 2.75) is 19.9 Å². The first-order chi connectivity index (χ1) is 19.4. The first-order valence-corrected chi connectivity index (χ1v) is 12.5. The highest BCUT2D eigenvalue weighted by Crippen LogP contribution is 2.30. The number of nitrogens with zero attached hydrogens (tertiary/aromatic N) is 5. The molecule has 204 valence electrons. The summed E-state index contributed by atoms with van der Waals surface area (Å²) in [5.74, 6) is -0.596. The van der Waals surface area contributed by atoms with E-state index < -0.39 is 17.7 Å². The fraction of sp³-hybridized carbons (Fsp3) is 0.179. The van der Waals surface area contributed by atoms with E-state index in [0.29, 0.717) is 34.4 Å². The quantitative estimate of drug-likeness (QED) is 0.219. The maximum atomic E-state index is 14.9. The summed E-state index contributed by atoms with van der Waals surface area (Å²) in [7, 11) is 0. The average molecular weight is 546 g/mol. The van der Waals surface area contributed by atoms with Crippen molar-refractivity contribution in [3.05, 3.63) is 89.9 Å². The van der Waals surface area contributed by atoms with Crippen LogP contribution in [-0.4, -0.2) is 49.1 Å². The summed E-state index contributed by atoms with van der Waals surface area (Å²) < 4.78 is 36.5. The van der Waals surface area contributed by atoms with Gasteiger partial charge in [-0.05, 0) is 31.5 Å². The molecule has 0 saturated heterocycles. The van der Waals surface area contributed by atoms with Gasteiger partial charge in [-0.3, -0.25) is 9.67 Å². The first kappa shape index (κ1) is 26.5. The smallest absolute Gasteiger partial charge is 0.404 e. The second-order valence-corrected chi connectivity index (χ2v) is 8.73. The number of halogens is 2. The van der Waals surface area contributed by atoms with E-state index in [1.165, 1.54) is 4.68 Å². The highest BCUT2D eigenvalue weighted by molar-refractivity contribution is 5.92. The summed E-state index contributed by atoms with van der Waals surface area (Å²) in [6.45, 7) is 2.03. The number of ether oxygens (including phenoxy) is 1. The molecule has 0 aliphatic heterocycles. The molecule has 0 bridgehead atoms. The van der Waals surface area contributed by atoms with Crippen molar-refractivity contribution in [3.8, 4) is 17.3 Å². The number of amides is 1. The van der Waals surface area contributed by atoms with E-state index in [9.17, 15) is 13.6 Å². The molecule has 0 saturated carbocycles. The standard InChI is InChI=1S/C28H25F2N7O3/c1-2-40-19-13-22(29)21(23(30)14-19)16-37-24-6-4-3-5-20(24)25(36-37)27-33-15-17(7-12-32-28(38)39)26(35-27)34-18-8-10-31-11-9-18/h3-6,8-11,13-15,32H,2,7,12,16H2,1H3,(H,38,39)(H,31,33,34,35). The van der Waals surface area contributed by atoms with Crippen LogP contribution >= 0.6 is 0 Å². The van der Waals surface area contributed by atoms with E-state index in [0.717, 1.165) is 17.8 Å². The molecule has 5 rings (SSSR count). The molecule has 40 heavy (non-hydrogen) atoms. The van der Waals surface area contributed by atoms with Crippen molar-refractivity contribution >= 4 is 28.5 Å². The molecule has 0 aliphatic carbocycles. The lowest BCUT2D eigenvalue weighted by molar-refractivity contribution is 0.194. The maximum absolute atomic E-state index is 14.9. The number of anilines is 2. The van der Waals surface area contributed by atoms with Gasteiger partial charge in [0.05, 0.1) is 18.7 Å². The van der Waals surface area contributed by atoms with Crippen molar-refractivity contribution in [1.82, 2.24) is 30.0 Å². The molecule has 0 spiro atoms. The summed E-state index contributed by atoms with van der Waals surface area (Å²) in [4.78, 5) is 24.2. The second-order valence-electron chi connectivity index (χ2n) is 8.73. The van der Waals surface area contributed by atoms with Crippen LogP contribution in [0.15, 0.2) is 67.1 Å². The zero-order valence-corrected chi connectivity index (χ0v) is 21.4. The Hall–Kier alpha value is -5.13. The molecular weight excluding hydrogens is 520 g/mol. The Labute approximate surface area is 227 Å². The van der Waals surface area contributed by atoms with Crippen LogP contribution < -0.4 is 15.4 Å². The normalized spacial score (nSPS) is 11.0. The number of pyridine rings is 1. The Morgan fingerprint density at radius 3 is 2.58 bits per heavy atom. The molecule has 3 aromatic heterocycles. The topological polar surface area (TPSA) is 127 Å². The molecule has 0 fully saturated rings. The molecule has 0 aliphatic rings. The number of nitrogens with one attached hydrogen (secondary N) is 2. The molecule has 3 heterocycles. The van der Waals surface area contributed by atoms with Gasteiger partial charge in [0.25, 0.3) is 0 Å². The largest absolute Gasteiger partial charge is 0.494 e. The Kier molecular flexibility index (Phi) is 7.76. The third-order valence-electron chi connectivity index (χ3n) is 6.08. The van der Waals surface area contributed by atoms with Crippen molar-refractivity contribution in [3.63, 3.8) is 0 Å². The summed E-state index contributed by atoms with van der Waals surface area (Å²) in [6, 6.07) is 13.1. The van der Waals surface area contributed by atoms with Gasteiger partial charge in [-0.15, -0.1) is 0 Å². The van der Waals surface area contributed by atoms with Gasteiger partial charge in [0.1, 0.15) is 28.9 Å². The van der Waals surface area contributed by atoms with Gasteiger partial charge in [0.15, 0.2) is 5.82 Å². The Morgan fingerprint density at radius 2 is 1.85 bits per heavy atom. The van der Waals surface area contributed by atoms with E-state index in [2.05, 4.69) is 25.7 Å². The number of para-hydroxylation sites is 1. The lowest BCUT2D eigenvalue weighted by Crippen LogP contribution is -2.23. The predicted octanol–water partition coefficient (Wildman–Crippen LogP) is 5.17. The number of aromatic nitrogens is 5. The number of hydrogen-bond acceptors (Lipinski definition) is 7. The molecule has 3 N–H and O–H groups in total. The van der Waals surface area contributed by atoms with Gasteiger partial charge in [-0.25, -0.2) is 23.5 Å². The molecule has 0 radical (unpaired) electrons. The highest BCUT2D eigenvalue weighted by Gasteiger charge is 2.20. The highest BCUT2D eigenvalue weighted by atomic mass is 19.1. The summed E-state index contributed by atoms with van der Waals surface area (Å²) >= 11 is 0. The number of hydrogen-bond donors (Lipinski definition) is 3. The van der Waals surface area contributed by atoms with E-state index in [4.69, 9.17) is 14.8 Å². The van der Waals surface area contributed by atoms with Crippen molar-refractivity contribution < 1.29 is 23.4 Å². The second kappa shape index (κ2) is 11.7. The maximum Gasteiger partial charge on any atom is 0.404 e. The van der Waals surface area contributed by atoms with Crippen molar-refractivity contribution in [1.29, 1.82) is 0 Å². The number of benzene rings is 2. The molecule has 0 atom stereocenters. The SMILES string of the molecule is CCOc1cc(F)c(Cn2nc(-c3ncc(CCNC(=O)O)c(Nc4ccncc4)n3)c3ccccc32)c(F)c1. The Balaban J connectivity index is 1.54. The molecule has 10 nitrogen and oxygen atoms in total. The van der Waals surface area contributed by atoms with Gasteiger partial charge in [0, 0.05) is 59.5 Å². The zero-order chi connectivity index (χ0) is 28.1. The number of rotatable bonds is 10. The minimum atomic E-state index is -1.13. The lowest BCUT2D eigenvalue weighted by atomic mass is 10.1. The molecule has 2 aromatic carbocycles. The third kappa shape index (κ3) is 5.80. The number of fused-ring (bicyclic) bond motifs is 1. The summed E-state index contributed by atoms with van der Waals surface area (Å²) in [5, 5.41) is 19.9. The molecule has 12 heteroatoms. The van der Waals surface area contributed by atoms with Crippen LogP contribution in [0.4, 0.5) is 25.1 Å². The number of carboxylic acid groups (broad SMARTS) is 1. The van der Waals surface area contributed by atoms with Gasteiger partial charge in [0.2, 0.25) is 0 Å². The summed E-state index contributed by atoms with van der Waals surface area (Å²) in [6.07, 6.45) is 4.08. The number of carbonyl (C=O) groups is 1. The van der Waals surface area contributed by atoms with Crippen molar-refractivity contribution in [2.24, 2.45) is 0 Å². The van der Waals surface area contributed by atoms with Gasteiger partial charge >= 0.3 is 6.09 Å². The van der Waals surface area contributed by atoms with Crippen LogP contribution in [0.5, 0.6) is 5.75 Å². The minimum Gasteiger partial charge on any atom is -0.494 e. The zero-order valence-electron chi connectivity index (χ0n) is 21.4. The molecule has 0 unspecified atom stereocenters. The molecule has 5 aromatic rings. The van der Waals surface area contributed by atoms with E-state index in [1.54, 1.807) is 43.7 Å². The first-order valence-electron chi connectivity index (χ1n) is 12.5.